The Morgan fingerprint density at radius 2 is 2.13 bits per heavy atom. The number of Topliss-reactive ketones (excluding diaryl/α,β-unsaturated/α-hetero) is 2. The van der Waals surface area contributed by atoms with Gasteiger partial charge in [0, 0.05) is 11.8 Å². The van der Waals surface area contributed by atoms with Crippen molar-refractivity contribution in [1.29, 1.82) is 0 Å². The van der Waals surface area contributed by atoms with Gasteiger partial charge in [-0.2, -0.15) is 0 Å². The van der Waals surface area contributed by atoms with Crippen molar-refractivity contribution in [2.45, 2.75) is 52.4 Å². The van der Waals surface area contributed by atoms with Crippen LogP contribution in [0.2, 0.25) is 5.02 Å². The van der Waals surface area contributed by atoms with Gasteiger partial charge in [-0.1, -0.05) is 37.4 Å². The predicted octanol–water partition coefficient (Wildman–Crippen LogP) is 4.48. The van der Waals surface area contributed by atoms with Crippen LogP contribution < -0.4 is 0 Å². The van der Waals surface area contributed by atoms with Gasteiger partial charge < -0.3 is 5.11 Å². The molecule has 0 heterocycles. The fourth-order valence-electron chi connectivity index (χ4n) is 4.18. The van der Waals surface area contributed by atoms with Gasteiger partial charge in [0.2, 0.25) is 0 Å². The molecular formula is C19H21ClO3. The van der Waals surface area contributed by atoms with Crippen LogP contribution >= 0.6 is 11.6 Å². The van der Waals surface area contributed by atoms with E-state index in [1.807, 2.05) is 0 Å². The molecule has 0 spiro atoms. The highest BCUT2D eigenvalue weighted by atomic mass is 35.5. The number of benzene rings is 1. The molecule has 4 heteroatoms. The van der Waals surface area contributed by atoms with Crippen LogP contribution in [0.25, 0.3) is 5.57 Å². The maximum Gasteiger partial charge on any atom is 0.166 e. The van der Waals surface area contributed by atoms with Gasteiger partial charge in [0.05, 0.1) is 10.6 Å². The molecule has 1 atom stereocenters. The number of rotatable bonds is 4. The summed E-state index contributed by atoms with van der Waals surface area (Å²) in [4.78, 5) is 24.6. The number of aromatic hydroxyl groups is 1. The molecule has 0 saturated carbocycles. The van der Waals surface area contributed by atoms with Crippen LogP contribution in [0.1, 0.15) is 57.1 Å². The fourth-order valence-corrected chi connectivity index (χ4v) is 4.42. The van der Waals surface area contributed by atoms with Crippen LogP contribution in [-0.4, -0.2) is 16.7 Å². The Morgan fingerprint density at radius 1 is 1.39 bits per heavy atom. The van der Waals surface area contributed by atoms with Crippen molar-refractivity contribution in [2.75, 3.05) is 0 Å². The zero-order valence-electron chi connectivity index (χ0n) is 13.5. The van der Waals surface area contributed by atoms with Gasteiger partial charge in [-0.05, 0) is 49.0 Å². The highest BCUT2D eigenvalue weighted by Crippen LogP contribution is 2.58. The van der Waals surface area contributed by atoms with E-state index in [2.05, 4.69) is 6.92 Å². The number of unbranched alkanes of at least 4 members (excludes halogenated alkanes) is 1. The second kappa shape index (κ2) is 5.79. The van der Waals surface area contributed by atoms with Crippen molar-refractivity contribution in [3.8, 4) is 5.75 Å². The maximum atomic E-state index is 12.4. The van der Waals surface area contributed by atoms with Gasteiger partial charge >= 0.3 is 0 Å². The highest BCUT2D eigenvalue weighted by Gasteiger charge is 2.48. The minimum atomic E-state index is -0.190. The van der Waals surface area contributed by atoms with Crippen LogP contribution in [0.15, 0.2) is 17.7 Å². The molecule has 122 valence electrons. The number of phenols is 1. The summed E-state index contributed by atoms with van der Waals surface area (Å²) in [7, 11) is 0. The number of fused-ring (bicyclic) bond motifs is 3. The van der Waals surface area contributed by atoms with Crippen molar-refractivity contribution >= 4 is 28.7 Å². The molecule has 3 rings (SSSR count). The van der Waals surface area contributed by atoms with E-state index >= 15 is 0 Å². The lowest BCUT2D eigenvalue weighted by Gasteiger charge is -2.36. The highest BCUT2D eigenvalue weighted by molar-refractivity contribution is 6.33. The topological polar surface area (TPSA) is 54.4 Å². The van der Waals surface area contributed by atoms with Gasteiger partial charge in [0.1, 0.15) is 5.75 Å². The number of hydrogen-bond donors (Lipinski definition) is 1. The summed E-state index contributed by atoms with van der Waals surface area (Å²) < 4.78 is 0. The Bertz CT molecular complexity index is 732. The third-order valence-electron chi connectivity index (χ3n) is 5.26. The number of allylic oxidation sites excluding steroid dienone is 2. The first-order valence-corrected chi connectivity index (χ1v) is 8.58. The quantitative estimate of drug-likeness (QED) is 0.827. The van der Waals surface area contributed by atoms with E-state index in [-0.39, 0.29) is 22.7 Å². The first kappa shape index (κ1) is 16.3. The zero-order valence-corrected chi connectivity index (χ0v) is 14.3. The summed E-state index contributed by atoms with van der Waals surface area (Å²) in [6, 6.07) is 3.36. The molecule has 0 fully saturated rings. The largest absolute Gasteiger partial charge is 0.506 e. The Kier molecular flexibility index (Phi) is 4.09. The molecule has 2 aliphatic rings. The summed E-state index contributed by atoms with van der Waals surface area (Å²) >= 11 is 6.32. The van der Waals surface area contributed by atoms with E-state index in [0.717, 1.165) is 42.4 Å². The Balaban J connectivity index is 2.28. The molecule has 1 aromatic carbocycles. The molecule has 0 bridgehead atoms. The van der Waals surface area contributed by atoms with Crippen LogP contribution in [0.4, 0.5) is 0 Å². The molecule has 1 aromatic rings. The van der Waals surface area contributed by atoms with Crippen LogP contribution in [0.3, 0.4) is 0 Å². The zero-order chi connectivity index (χ0) is 16.8. The summed E-state index contributed by atoms with van der Waals surface area (Å²) in [6.45, 7) is 3.61. The van der Waals surface area contributed by atoms with Crippen LogP contribution in [-0.2, 0) is 16.0 Å². The van der Waals surface area contributed by atoms with Crippen molar-refractivity contribution in [3.05, 3.63) is 33.9 Å². The van der Waals surface area contributed by atoms with Crippen molar-refractivity contribution in [2.24, 2.45) is 5.41 Å². The van der Waals surface area contributed by atoms with E-state index in [1.54, 1.807) is 12.1 Å². The Hall–Kier alpha value is -1.61. The number of halogens is 1. The molecule has 1 unspecified atom stereocenters. The molecule has 23 heavy (non-hydrogen) atoms. The van der Waals surface area contributed by atoms with E-state index in [9.17, 15) is 14.7 Å². The van der Waals surface area contributed by atoms with Gasteiger partial charge in [-0.15, -0.1) is 0 Å². The Labute approximate surface area is 141 Å². The predicted molar refractivity (Wildman–Crippen MR) is 90.6 cm³/mol. The number of carbonyl (C=O) groups excluding carboxylic acids is 2. The number of phenolic OH excluding ortho intramolecular Hbond substituents is 1. The number of hydrogen-bond acceptors (Lipinski definition) is 3. The average Bonchev–Trinajstić information content (AvgIpc) is 2.84. The lowest BCUT2D eigenvalue weighted by Crippen LogP contribution is -2.30. The lowest BCUT2D eigenvalue weighted by atomic mass is 9.66. The normalized spacial score (nSPS) is 23.0. The molecule has 2 aliphatic carbocycles. The van der Waals surface area contributed by atoms with Crippen molar-refractivity contribution in [3.63, 3.8) is 0 Å². The third kappa shape index (κ3) is 2.42. The molecule has 0 aromatic heterocycles. The van der Waals surface area contributed by atoms with Crippen LogP contribution in [0.5, 0.6) is 5.75 Å². The fraction of sp³-hybridized carbons (Fsp3) is 0.474. The van der Waals surface area contributed by atoms with Gasteiger partial charge in [0.25, 0.3) is 0 Å². The monoisotopic (exact) mass is 332 g/mol. The van der Waals surface area contributed by atoms with Crippen LogP contribution in [0, 0.1) is 5.41 Å². The van der Waals surface area contributed by atoms with Gasteiger partial charge in [0.15, 0.2) is 11.6 Å². The second-order valence-corrected chi connectivity index (χ2v) is 7.09. The minimum Gasteiger partial charge on any atom is -0.506 e. The molecule has 0 aliphatic heterocycles. The molecule has 0 amide bonds. The standard InChI is InChI=1S/C19H21ClO3/c1-3-4-8-19-9-7-14(22)16(11(2)21)17(19)12-5-6-15(23)18(20)13(12)10-19/h5-6,23H,3-4,7-10H2,1-2H3. The smallest absolute Gasteiger partial charge is 0.166 e. The summed E-state index contributed by atoms with van der Waals surface area (Å²) in [5, 5.41) is 10.3. The van der Waals surface area contributed by atoms with E-state index < -0.39 is 0 Å². The maximum absolute atomic E-state index is 12.4. The number of ketones is 2. The third-order valence-corrected chi connectivity index (χ3v) is 5.68. The first-order valence-electron chi connectivity index (χ1n) is 8.21. The summed E-state index contributed by atoms with van der Waals surface area (Å²) in [5.41, 5.74) is 2.80. The molecular weight excluding hydrogens is 312 g/mol. The Morgan fingerprint density at radius 3 is 2.78 bits per heavy atom. The SMILES string of the molecule is CCCCC12CCC(=O)C(C(C)=O)=C1c1ccc(O)c(Cl)c1C2. The minimum absolute atomic E-state index is 0.0586. The van der Waals surface area contributed by atoms with Gasteiger partial charge in [-0.25, -0.2) is 0 Å². The second-order valence-electron chi connectivity index (χ2n) is 6.71. The lowest BCUT2D eigenvalue weighted by molar-refractivity contribution is -0.121. The average molecular weight is 333 g/mol. The summed E-state index contributed by atoms with van der Waals surface area (Å²) in [5.74, 6) is -0.162. The molecule has 0 saturated heterocycles. The summed E-state index contributed by atoms with van der Waals surface area (Å²) in [6.07, 6.45) is 4.92. The van der Waals surface area contributed by atoms with E-state index in [4.69, 9.17) is 11.6 Å². The molecule has 3 nitrogen and oxygen atoms in total. The van der Waals surface area contributed by atoms with Crippen molar-refractivity contribution in [1.82, 2.24) is 0 Å². The van der Waals surface area contributed by atoms with E-state index in [1.165, 1.54) is 6.92 Å². The number of carbonyl (C=O) groups is 2. The van der Waals surface area contributed by atoms with Gasteiger partial charge in [-0.3, -0.25) is 9.59 Å². The van der Waals surface area contributed by atoms with Crippen molar-refractivity contribution < 1.29 is 14.7 Å². The van der Waals surface area contributed by atoms with E-state index in [0.29, 0.717) is 23.4 Å². The molecule has 0 radical (unpaired) electrons. The molecule has 1 N–H and O–H groups in total. The first-order chi connectivity index (χ1) is 10.9.